The quantitative estimate of drug-likeness (QED) is 0.572. The van der Waals surface area contributed by atoms with E-state index in [9.17, 15) is 0 Å². The molecule has 0 atom stereocenters. The van der Waals surface area contributed by atoms with Crippen molar-refractivity contribution in [3.63, 3.8) is 0 Å². The highest BCUT2D eigenvalue weighted by atomic mass is 28.3. The van der Waals surface area contributed by atoms with Gasteiger partial charge in [0, 0.05) is 40.4 Å². The van der Waals surface area contributed by atoms with Crippen molar-refractivity contribution < 1.29 is 8.85 Å². The molecule has 6 nitrogen and oxygen atoms in total. The lowest BCUT2D eigenvalue weighted by molar-refractivity contribution is 0.197. The SMILES string of the molecule is CO[SiH](OC)N1CCCNCCNCCCNCC1. The summed E-state index contributed by atoms with van der Waals surface area (Å²) in [4.78, 5) is 0. The van der Waals surface area contributed by atoms with E-state index in [1.807, 2.05) is 0 Å². The lowest BCUT2D eigenvalue weighted by Crippen LogP contribution is -2.47. The minimum Gasteiger partial charge on any atom is -0.388 e. The Hall–Kier alpha value is -0.0231. The van der Waals surface area contributed by atoms with Crippen LogP contribution >= 0.6 is 0 Å². The van der Waals surface area contributed by atoms with Gasteiger partial charge in [-0.15, -0.1) is 0 Å². The summed E-state index contributed by atoms with van der Waals surface area (Å²) in [5.74, 6) is 0. The van der Waals surface area contributed by atoms with Crippen molar-refractivity contribution in [2.75, 3.05) is 66.6 Å². The van der Waals surface area contributed by atoms with Crippen molar-refractivity contribution in [3.8, 4) is 0 Å². The largest absolute Gasteiger partial charge is 0.410 e. The summed E-state index contributed by atoms with van der Waals surface area (Å²) in [5.41, 5.74) is 0. The van der Waals surface area contributed by atoms with Gasteiger partial charge in [-0.1, -0.05) is 0 Å². The van der Waals surface area contributed by atoms with Crippen LogP contribution in [0.2, 0.25) is 0 Å². The molecule has 1 heterocycles. The van der Waals surface area contributed by atoms with Crippen LogP contribution in [0.1, 0.15) is 12.8 Å². The molecule has 0 aliphatic carbocycles. The van der Waals surface area contributed by atoms with Crippen LogP contribution in [0.15, 0.2) is 0 Å². The molecule has 19 heavy (non-hydrogen) atoms. The Bertz CT molecular complexity index is 194. The molecule has 0 aromatic heterocycles. The Labute approximate surface area is 119 Å². The molecular formula is C12H30N4O2Si. The standard InChI is InChI=1S/C12H30N4O2Si/c1-17-19(18-2)16-11-4-7-14-9-8-13-5-3-6-15-10-12-16/h13-15,19H,3-12H2,1-2H3. The molecule has 1 rings (SSSR count). The summed E-state index contributed by atoms with van der Waals surface area (Å²) >= 11 is 0. The Kier molecular flexibility index (Phi) is 10.6. The number of hydrogen-bond acceptors (Lipinski definition) is 6. The maximum Gasteiger partial charge on any atom is 0.410 e. The number of nitrogens with zero attached hydrogens (tertiary/aromatic N) is 1. The van der Waals surface area contributed by atoms with Crippen molar-refractivity contribution in [1.82, 2.24) is 20.5 Å². The molecule has 1 fully saturated rings. The molecule has 0 bridgehead atoms. The first kappa shape index (κ1) is 17.0. The normalized spacial score (nSPS) is 22.3. The Balaban J connectivity index is 2.35. The van der Waals surface area contributed by atoms with Gasteiger partial charge in [0.1, 0.15) is 0 Å². The van der Waals surface area contributed by atoms with E-state index in [0.717, 1.165) is 58.8 Å². The molecule has 0 aromatic rings. The minimum absolute atomic E-state index is 1.00. The van der Waals surface area contributed by atoms with Gasteiger partial charge in [-0.25, -0.2) is 0 Å². The van der Waals surface area contributed by atoms with Gasteiger partial charge in [-0.3, -0.25) is 4.57 Å². The fraction of sp³-hybridized carbons (Fsp3) is 1.00. The first-order valence-electron chi connectivity index (χ1n) is 7.30. The van der Waals surface area contributed by atoms with E-state index >= 15 is 0 Å². The molecule has 0 unspecified atom stereocenters. The smallest absolute Gasteiger partial charge is 0.388 e. The predicted octanol–water partition coefficient (Wildman–Crippen LogP) is -1.14. The summed E-state index contributed by atoms with van der Waals surface area (Å²) in [5, 5.41) is 10.4. The van der Waals surface area contributed by atoms with Crippen molar-refractivity contribution in [2.24, 2.45) is 0 Å². The lowest BCUT2D eigenvalue weighted by atomic mass is 10.3. The molecule has 114 valence electrons. The highest BCUT2D eigenvalue weighted by Gasteiger charge is 2.20. The van der Waals surface area contributed by atoms with Gasteiger partial charge in [-0.05, 0) is 39.0 Å². The van der Waals surface area contributed by atoms with Crippen molar-refractivity contribution in [2.45, 2.75) is 12.8 Å². The zero-order valence-corrected chi connectivity index (χ0v) is 13.6. The van der Waals surface area contributed by atoms with Crippen LogP contribution in [-0.4, -0.2) is 80.6 Å². The first-order chi connectivity index (χ1) is 9.38. The lowest BCUT2D eigenvalue weighted by Gasteiger charge is -2.27. The number of rotatable bonds is 3. The molecule has 0 amide bonds. The molecule has 1 saturated heterocycles. The zero-order chi connectivity index (χ0) is 13.8. The van der Waals surface area contributed by atoms with Crippen LogP contribution in [-0.2, 0) is 8.85 Å². The van der Waals surface area contributed by atoms with E-state index < -0.39 is 9.45 Å². The van der Waals surface area contributed by atoms with Crippen molar-refractivity contribution in [3.05, 3.63) is 0 Å². The molecule has 3 N–H and O–H groups in total. The van der Waals surface area contributed by atoms with Gasteiger partial charge in [-0.2, -0.15) is 0 Å². The number of hydrogen-bond donors (Lipinski definition) is 3. The Morgan fingerprint density at radius 3 is 1.95 bits per heavy atom. The van der Waals surface area contributed by atoms with Gasteiger partial charge >= 0.3 is 9.45 Å². The summed E-state index contributed by atoms with van der Waals surface area (Å²) in [6, 6.07) is 0. The third-order valence-electron chi connectivity index (χ3n) is 3.26. The van der Waals surface area contributed by atoms with Gasteiger partial charge in [0.05, 0.1) is 0 Å². The van der Waals surface area contributed by atoms with E-state index in [1.165, 1.54) is 6.42 Å². The van der Waals surface area contributed by atoms with E-state index in [0.29, 0.717) is 0 Å². The van der Waals surface area contributed by atoms with Crippen molar-refractivity contribution in [1.29, 1.82) is 0 Å². The molecule has 0 saturated carbocycles. The molecule has 0 spiro atoms. The van der Waals surface area contributed by atoms with Crippen LogP contribution in [0.5, 0.6) is 0 Å². The third kappa shape index (κ3) is 7.98. The fourth-order valence-electron chi connectivity index (χ4n) is 2.24. The average Bonchev–Trinajstić information content (AvgIpc) is 2.44. The Morgan fingerprint density at radius 2 is 1.32 bits per heavy atom. The topological polar surface area (TPSA) is 57.8 Å². The summed E-state index contributed by atoms with van der Waals surface area (Å²) < 4.78 is 13.4. The first-order valence-corrected chi connectivity index (χ1v) is 8.76. The minimum atomic E-state index is -1.65. The van der Waals surface area contributed by atoms with Gasteiger partial charge < -0.3 is 24.8 Å². The summed E-state index contributed by atoms with van der Waals surface area (Å²) in [6.07, 6.45) is 2.31. The summed E-state index contributed by atoms with van der Waals surface area (Å²) in [6.45, 7) is 8.36. The van der Waals surface area contributed by atoms with Gasteiger partial charge in [0.2, 0.25) is 0 Å². The predicted molar refractivity (Wildman–Crippen MR) is 80.6 cm³/mol. The highest BCUT2D eigenvalue weighted by Crippen LogP contribution is 1.98. The van der Waals surface area contributed by atoms with E-state index in [1.54, 1.807) is 14.2 Å². The molecule has 0 aromatic carbocycles. The van der Waals surface area contributed by atoms with Gasteiger partial charge in [0.15, 0.2) is 0 Å². The second kappa shape index (κ2) is 11.8. The van der Waals surface area contributed by atoms with E-state index in [4.69, 9.17) is 8.85 Å². The monoisotopic (exact) mass is 290 g/mol. The molecule has 0 radical (unpaired) electrons. The fourth-order valence-corrected chi connectivity index (χ4v) is 3.76. The van der Waals surface area contributed by atoms with Crippen LogP contribution in [0.25, 0.3) is 0 Å². The molecular weight excluding hydrogens is 260 g/mol. The van der Waals surface area contributed by atoms with Crippen molar-refractivity contribution >= 4 is 9.45 Å². The average molecular weight is 290 g/mol. The van der Waals surface area contributed by atoms with E-state index in [2.05, 4.69) is 20.5 Å². The maximum absolute atomic E-state index is 5.49. The second-order valence-corrected chi connectivity index (χ2v) is 7.06. The molecule has 1 aliphatic heterocycles. The maximum atomic E-state index is 5.49. The van der Waals surface area contributed by atoms with Crippen LogP contribution in [0.4, 0.5) is 0 Å². The summed E-state index contributed by atoms with van der Waals surface area (Å²) in [7, 11) is 1.86. The van der Waals surface area contributed by atoms with Crippen LogP contribution < -0.4 is 16.0 Å². The molecule has 7 heteroatoms. The van der Waals surface area contributed by atoms with Gasteiger partial charge in [0.25, 0.3) is 0 Å². The zero-order valence-electron chi connectivity index (χ0n) is 12.4. The van der Waals surface area contributed by atoms with Crippen LogP contribution in [0.3, 0.4) is 0 Å². The highest BCUT2D eigenvalue weighted by molar-refractivity contribution is 6.40. The Morgan fingerprint density at radius 1 is 0.737 bits per heavy atom. The van der Waals surface area contributed by atoms with E-state index in [-0.39, 0.29) is 0 Å². The third-order valence-corrected chi connectivity index (χ3v) is 5.18. The number of nitrogens with one attached hydrogen (secondary N) is 3. The van der Waals surface area contributed by atoms with Crippen LogP contribution in [0, 0.1) is 0 Å². The molecule has 1 aliphatic rings. The second-order valence-electron chi connectivity index (χ2n) is 4.77.